The highest BCUT2D eigenvalue weighted by Crippen LogP contribution is 2.19. The summed E-state index contributed by atoms with van der Waals surface area (Å²) >= 11 is 3.00. The number of hydrogen-bond donors (Lipinski definition) is 1. The number of non-ortho nitro benzene ring substituents is 1. The number of amides is 1. The number of nitrogens with one attached hydrogen (secondary N) is 1. The summed E-state index contributed by atoms with van der Waals surface area (Å²) in [4.78, 5) is 21.8. The van der Waals surface area contributed by atoms with Gasteiger partial charge in [0.1, 0.15) is 4.38 Å². The van der Waals surface area contributed by atoms with Gasteiger partial charge in [0, 0.05) is 22.9 Å². The third-order valence-corrected chi connectivity index (χ3v) is 4.09. The molecule has 0 bridgehead atoms. The van der Waals surface area contributed by atoms with Gasteiger partial charge in [-0.2, -0.15) is 5.10 Å². The molecule has 1 N–H and O–H groups in total. The van der Waals surface area contributed by atoms with E-state index in [1.54, 1.807) is 11.8 Å². The van der Waals surface area contributed by atoms with Gasteiger partial charge in [-0.1, -0.05) is 25.6 Å². The molecule has 1 rings (SSSR count). The second kappa shape index (κ2) is 7.91. The number of nitro groups is 1. The zero-order valence-corrected chi connectivity index (χ0v) is 13.0. The third kappa shape index (κ3) is 5.22. The van der Waals surface area contributed by atoms with Crippen LogP contribution in [0.15, 0.2) is 29.4 Å². The van der Waals surface area contributed by atoms with Gasteiger partial charge in [0.25, 0.3) is 11.6 Å². The summed E-state index contributed by atoms with van der Waals surface area (Å²) in [6.45, 7) is 4.07. The normalized spacial score (nSPS) is 11.5. The van der Waals surface area contributed by atoms with Crippen molar-refractivity contribution < 1.29 is 9.72 Å². The minimum Gasteiger partial charge on any atom is -0.267 e. The molecular formula is C12H15N3O3S2. The summed E-state index contributed by atoms with van der Waals surface area (Å²) in [6.07, 6.45) is 1.88. The van der Waals surface area contributed by atoms with E-state index >= 15 is 0 Å². The Balaban J connectivity index is 2.70. The predicted octanol–water partition coefficient (Wildman–Crippen LogP) is 3.10. The van der Waals surface area contributed by atoms with Crippen molar-refractivity contribution in [2.24, 2.45) is 5.10 Å². The number of thioether (sulfide) groups is 2. The first-order valence-electron chi connectivity index (χ1n) is 5.77. The molecule has 0 saturated heterocycles. The summed E-state index contributed by atoms with van der Waals surface area (Å²) in [5.41, 5.74) is 2.72. The molecule has 1 amide bonds. The molecule has 108 valence electrons. The molecular weight excluding hydrogens is 298 g/mol. The summed E-state index contributed by atoms with van der Waals surface area (Å²) in [5, 5.41) is 14.9. The molecule has 0 spiro atoms. The van der Waals surface area contributed by atoms with Crippen molar-refractivity contribution in [2.75, 3.05) is 6.26 Å². The second-order valence-corrected chi connectivity index (χ2v) is 6.61. The molecule has 0 radical (unpaired) electrons. The molecule has 1 aromatic carbocycles. The monoisotopic (exact) mass is 313 g/mol. The Morgan fingerprint density at radius 3 is 2.40 bits per heavy atom. The standard InChI is InChI=1S/C12H15N3O3S2/c1-8(2)20-12(19-3)14-13-11(16)9-4-6-10(7-5-9)15(17)18/h4-8H,1-3H3,(H,13,16)/b14-12-. The quantitative estimate of drug-likeness (QED) is 0.399. The van der Waals surface area contributed by atoms with E-state index in [0.717, 1.165) is 4.38 Å². The first-order chi connectivity index (χ1) is 9.43. The number of hydrogen-bond acceptors (Lipinski definition) is 6. The van der Waals surface area contributed by atoms with E-state index in [2.05, 4.69) is 10.5 Å². The van der Waals surface area contributed by atoms with Crippen molar-refractivity contribution >= 4 is 39.5 Å². The van der Waals surface area contributed by atoms with Crippen LogP contribution in [0.1, 0.15) is 24.2 Å². The molecule has 0 fully saturated rings. The SMILES string of the molecule is CS/C(=N/NC(=O)c1ccc([N+](=O)[O-])cc1)SC(C)C. The Morgan fingerprint density at radius 1 is 1.35 bits per heavy atom. The molecule has 6 nitrogen and oxygen atoms in total. The average Bonchev–Trinajstić information content (AvgIpc) is 2.42. The average molecular weight is 313 g/mol. The highest BCUT2D eigenvalue weighted by atomic mass is 32.2. The van der Waals surface area contributed by atoms with E-state index < -0.39 is 10.8 Å². The van der Waals surface area contributed by atoms with Gasteiger partial charge in [0.05, 0.1) is 4.92 Å². The van der Waals surface area contributed by atoms with Crippen LogP contribution in [0.4, 0.5) is 5.69 Å². The Bertz CT molecular complexity index is 515. The van der Waals surface area contributed by atoms with Crippen LogP contribution < -0.4 is 5.43 Å². The van der Waals surface area contributed by atoms with Crippen molar-refractivity contribution in [2.45, 2.75) is 19.1 Å². The van der Waals surface area contributed by atoms with Crippen LogP contribution in [0.5, 0.6) is 0 Å². The summed E-state index contributed by atoms with van der Waals surface area (Å²) in [5.74, 6) is -0.393. The van der Waals surface area contributed by atoms with Gasteiger partial charge in [-0.05, 0) is 18.4 Å². The second-order valence-electron chi connectivity index (χ2n) is 3.99. The number of hydrazone groups is 1. The minimum atomic E-state index is -0.509. The first kappa shape index (κ1) is 16.5. The number of carbonyl (C=O) groups excluding carboxylic acids is 1. The van der Waals surface area contributed by atoms with Crippen LogP contribution in [0.25, 0.3) is 0 Å². The molecule has 20 heavy (non-hydrogen) atoms. The number of carbonyl (C=O) groups is 1. The van der Waals surface area contributed by atoms with Crippen LogP contribution in [0.3, 0.4) is 0 Å². The van der Waals surface area contributed by atoms with Crippen LogP contribution in [-0.2, 0) is 0 Å². The highest BCUT2D eigenvalue weighted by molar-refractivity contribution is 8.38. The van der Waals surface area contributed by atoms with Crippen LogP contribution in [0.2, 0.25) is 0 Å². The van der Waals surface area contributed by atoms with Crippen LogP contribution in [0, 0.1) is 10.1 Å². The van der Waals surface area contributed by atoms with Gasteiger partial charge in [-0.3, -0.25) is 14.9 Å². The molecule has 1 aromatic rings. The maximum Gasteiger partial charge on any atom is 0.271 e. The van der Waals surface area contributed by atoms with Gasteiger partial charge < -0.3 is 0 Å². The van der Waals surface area contributed by atoms with Gasteiger partial charge >= 0.3 is 0 Å². The van der Waals surface area contributed by atoms with Crippen molar-refractivity contribution in [3.63, 3.8) is 0 Å². The van der Waals surface area contributed by atoms with E-state index in [1.807, 2.05) is 20.1 Å². The maximum atomic E-state index is 11.8. The molecule has 0 aliphatic carbocycles. The largest absolute Gasteiger partial charge is 0.271 e. The van der Waals surface area contributed by atoms with E-state index in [9.17, 15) is 14.9 Å². The highest BCUT2D eigenvalue weighted by Gasteiger charge is 2.09. The molecule has 0 heterocycles. The van der Waals surface area contributed by atoms with E-state index in [1.165, 1.54) is 36.0 Å². The van der Waals surface area contributed by atoms with E-state index in [0.29, 0.717) is 10.8 Å². The van der Waals surface area contributed by atoms with Gasteiger partial charge in [0.2, 0.25) is 0 Å². The summed E-state index contributed by atoms with van der Waals surface area (Å²) < 4.78 is 0.760. The fourth-order valence-electron chi connectivity index (χ4n) is 1.22. The van der Waals surface area contributed by atoms with Crippen molar-refractivity contribution in [1.82, 2.24) is 5.43 Å². The lowest BCUT2D eigenvalue weighted by atomic mass is 10.2. The Labute approximate surface area is 125 Å². The number of nitrogens with zero attached hydrogens (tertiary/aromatic N) is 2. The lowest BCUT2D eigenvalue weighted by Crippen LogP contribution is -2.18. The van der Waals surface area contributed by atoms with Gasteiger partial charge in [-0.25, -0.2) is 5.43 Å². The Morgan fingerprint density at radius 2 is 1.95 bits per heavy atom. The Hall–Kier alpha value is -1.54. The molecule has 0 unspecified atom stereocenters. The summed E-state index contributed by atoms with van der Waals surface area (Å²) in [7, 11) is 0. The van der Waals surface area contributed by atoms with Crippen LogP contribution >= 0.6 is 23.5 Å². The van der Waals surface area contributed by atoms with E-state index in [4.69, 9.17) is 0 Å². The molecule has 0 aromatic heterocycles. The summed E-state index contributed by atoms with van der Waals surface area (Å²) in [6, 6.07) is 5.38. The number of rotatable bonds is 4. The van der Waals surface area contributed by atoms with Gasteiger partial charge in [0.15, 0.2) is 0 Å². The lowest BCUT2D eigenvalue weighted by molar-refractivity contribution is -0.384. The topological polar surface area (TPSA) is 84.6 Å². The van der Waals surface area contributed by atoms with E-state index in [-0.39, 0.29) is 5.69 Å². The fraction of sp³-hybridized carbons (Fsp3) is 0.333. The van der Waals surface area contributed by atoms with Crippen molar-refractivity contribution in [1.29, 1.82) is 0 Å². The van der Waals surface area contributed by atoms with Crippen molar-refractivity contribution in [3.8, 4) is 0 Å². The minimum absolute atomic E-state index is 0.0507. The molecule has 0 atom stereocenters. The maximum absolute atomic E-state index is 11.8. The molecule has 0 aliphatic rings. The third-order valence-electron chi connectivity index (χ3n) is 2.10. The van der Waals surface area contributed by atoms with Crippen molar-refractivity contribution in [3.05, 3.63) is 39.9 Å². The first-order valence-corrected chi connectivity index (χ1v) is 7.87. The predicted molar refractivity (Wildman–Crippen MR) is 84.2 cm³/mol. The number of nitro benzene ring substituents is 1. The smallest absolute Gasteiger partial charge is 0.267 e. The zero-order valence-electron chi connectivity index (χ0n) is 11.3. The lowest BCUT2D eigenvalue weighted by Gasteiger charge is -2.06. The van der Waals surface area contributed by atoms with Gasteiger partial charge in [-0.15, -0.1) is 11.8 Å². The Kier molecular flexibility index (Phi) is 6.53. The molecule has 8 heteroatoms. The fourth-order valence-corrected chi connectivity index (χ4v) is 2.82. The van der Waals surface area contributed by atoms with Crippen LogP contribution in [-0.4, -0.2) is 26.7 Å². The molecule has 0 aliphatic heterocycles. The zero-order chi connectivity index (χ0) is 15.1. The number of benzene rings is 1. The molecule has 0 saturated carbocycles.